The van der Waals surface area contributed by atoms with Crippen LogP contribution in [0.3, 0.4) is 0 Å². The second-order valence-electron chi connectivity index (χ2n) is 12.8. The lowest BCUT2D eigenvalue weighted by Crippen LogP contribution is -2.50. The topological polar surface area (TPSA) is 26.3 Å². The van der Waals surface area contributed by atoms with E-state index in [1.165, 1.54) is 154 Å². The van der Waals surface area contributed by atoms with E-state index in [1.807, 2.05) is 0 Å². The van der Waals surface area contributed by atoms with E-state index >= 15 is 0 Å². The Bertz CT molecular complexity index is 490. The fourth-order valence-electron chi connectivity index (χ4n) is 5.40. The van der Waals surface area contributed by atoms with Crippen LogP contribution in [0.2, 0.25) is 0 Å². The maximum absolute atomic E-state index is 12.3. The van der Waals surface area contributed by atoms with Gasteiger partial charge in [0.1, 0.15) is 0 Å². The van der Waals surface area contributed by atoms with Crippen molar-refractivity contribution in [1.29, 1.82) is 0 Å². The van der Waals surface area contributed by atoms with Crippen molar-refractivity contribution >= 4 is 5.97 Å². The largest absolute Gasteiger partial charge is 0.413 e. The van der Waals surface area contributed by atoms with E-state index in [0.717, 1.165) is 23.9 Å². The standard InChI is InChI=1S/C35H72NO2/c1-6-8-10-12-14-16-18-19-20-21-22-23-25-27-29-31-33-36(4,5)34(3)38-35(37)32-30-28-26-24-17-15-13-11-9-7-2/h34H,6-33H2,1-5H3/q+1. The van der Waals surface area contributed by atoms with E-state index in [1.54, 1.807) is 0 Å². The summed E-state index contributed by atoms with van der Waals surface area (Å²) in [6.07, 6.45) is 35.9. The van der Waals surface area contributed by atoms with Crippen molar-refractivity contribution in [2.75, 3.05) is 20.6 Å². The molecular weight excluding hydrogens is 466 g/mol. The van der Waals surface area contributed by atoms with Crippen LogP contribution in [0, 0.1) is 0 Å². The number of quaternary nitrogens is 1. The highest BCUT2D eigenvalue weighted by Crippen LogP contribution is 2.17. The number of esters is 1. The predicted molar refractivity (Wildman–Crippen MR) is 169 cm³/mol. The maximum Gasteiger partial charge on any atom is 0.310 e. The molecule has 3 heteroatoms. The predicted octanol–water partition coefficient (Wildman–Crippen LogP) is 11.5. The molecule has 0 saturated heterocycles. The second-order valence-corrected chi connectivity index (χ2v) is 12.8. The van der Waals surface area contributed by atoms with Gasteiger partial charge in [-0.2, -0.15) is 0 Å². The number of carbonyl (C=O) groups excluding carboxylic acids is 1. The van der Waals surface area contributed by atoms with Crippen molar-refractivity contribution < 1.29 is 14.0 Å². The molecule has 0 saturated carbocycles. The summed E-state index contributed by atoms with van der Waals surface area (Å²) in [6.45, 7) is 7.73. The van der Waals surface area contributed by atoms with Gasteiger partial charge in [-0.3, -0.25) is 9.28 Å². The molecule has 228 valence electrons. The molecule has 0 aliphatic heterocycles. The average molecular weight is 539 g/mol. The first-order chi connectivity index (χ1) is 18.4. The van der Waals surface area contributed by atoms with Gasteiger partial charge in [0.25, 0.3) is 0 Å². The van der Waals surface area contributed by atoms with Crippen LogP contribution in [0.4, 0.5) is 0 Å². The summed E-state index contributed by atoms with van der Waals surface area (Å²) in [6, 6.07) is 0. The van der Waals surface area contributed by atoms with Crippen LogP contribution >= 0.6 is 0 Å². The number of ether oxygens (including phenoxy) is 1. The van der Waals surface area contributed by atoms with Crippen LogP contribution in [0.15, 0.2) is 0 Å². The zero-order chi connectivity index (χ0) is 28.2. The molecule has 0 aromatic carbocycles. The minimum Gasteiger partial charge on any atom is -0.413 e. The number of carbonyl (C=O) groups is 1. The SMILES string of the molecule is CCCCCCCCCCCCCCCCCC[N+](C)(C)C(C)OC(=O)CCCCCCCCCCCC. The quantitative estimate of drug-likeness (QED) is 0.0393. The van der Waals surface area contributed by atoms with Crippen LogP contribution in [-0.2, 0) is 9.53 Å². The molecule has 0 heterocycles. The van der Waals surface area contributed by atoms with Crippen molar-refractivity contribution in [3.8, 4) is 0 Å². The van der Waals surface area contributed by atoms with Crippen LogP contribution < -0.4 is 0 Å². The normalized spacial score (nSPS) is 12.7. The van der Waals surface area contributed by atoms with Gasteiger partial charge < -0.3 is 4.74 Å². The van der Waals surface area contributed by atoms with Gasteiger partial charge in [-0.25, -0.2) is 0 Å². The highest BCUT2D eigenvalue weighted by Gasteiger charge is 2.26. The van der Waals surface area contributed by atoms with Crippen molar-refractivity contribution in [3.05, 3.63) is 0 Å². The Morgan fingerprint density at radius 2 is 0.789 bits per heavy atom. The Hall–Kier alpha value is -0.570. The molecule has 0 N–H and O–H groups in total. The minimum atomic E-state index is -0.0537. The Labute approximate surface area is 240 Å². The summed E-state index contributed by atoms with van der Waals surface area (Å²) in [7, 11) is 4.42. The fraction of sp³-hybridized carbons (Fsp3) is 0.971. The van der Waals surface area contributed by atoms with Crippen LogP contribution in [0.5, 0.6) is 0 Å². The number of nitrogens with zero attached hydrogens (tertiary/aromatic N) is 1. The first-order valence-corrected chi connectivity index (χ1v) is 17.5. The average Bonchev–Trinajstić information content (AvgIpc) is 2.89. The third kappa shape index (κ3) is 25.7. The Kier molecular flexibility index (Phi) is 27.6. The van der Waals surface area contributed by atoms with Crippen molar-refractivity contribution in [2.45, 2.75) is 200 Å². The van der Waals surface area contributed by atoms with Crippen molar-refractivity contribution in [1.82, 2.24) is 0 Å². The minimum absolute atomic E-state index is 0.00441. The molecule has 0 fully saturated rings. The van der Waals surface area contributed by atoms with E-state index in [-0.39, 0.29) is 12.2 Å². The zero-order valence-corrected chi connectivity index (χ0v) is 27.1. The van der Waals surface area contributed by atoms with Gasteiger partial charge in [0.15, 0.2) is 0 Å². The lowest BCUT2D eigenvalue weighted by atomic mass is 10.0. The van der Waals surface area contributed by atoms with E-state index in [4.69, 9.17) is 4.74 Å². The molecule has 0 aromatic heterocycles. The summed E-state index contributed by atoms with van der Waals surface area (Å²) in [5, 5.41) is 0. The van der Waals surface area contributed by atoms with E-state index in [2.05, 4.69) is 34.9 Å². The van der Waals surface area contributed by atoms with Crippen LogP contribution in [-0.4, -0.2) is 37.3 Å². The van der Waals surface area contributed by atoms with Gasteiger partial charge in [-0.1, -0.05) is 162 Å². The molecule has 3 nitrogen and oxygen atoms in total. The molecular formula is C35H72NO2+. The van der Waals surface area contributed by atoms with Gasteiger partial charge in [-0.05, 0) is 19.3 Å². The molecule has 0 amide bonds. The van der Waals surface area contributed by atoms with E-state index in [0.29, 0.717) is 6.42 Å². The first-order valence-electron chi connectivity index (χ1n) is 17.5. The molecule has 0 aromatic rings. The molecule has 1 atom stereocenters. The Morgan fingerprint density at radius 1 is 0.500 bits per heavy atom. The fourth-order valence-corrected chi connectivity index (χ4v) is 5.40. The monoisotopic (exact) mass is 539 g/mol. The number of hydrogen-bond donors (Lipinski definition) is 0. The maximum atomic E-state index is 12.3. The van der Waals surface area contributed by atoms with E-state index < -0.39 is 0 Å². The molecule has 0 radical (unpaired) electrons. The molecule has 0 bridgehead atoms. The summed E-state index contributed by atoms with van der Waals surface area (Å²) in [5.74, 6) is -0.00441. The highest BCUT2D eigenvalue weighted by molar-refractivity contribution is 5.69. The molecule has 0 rings (SSSR count). The van der Waals surface area contributed by atoms with Gasteiger partial charge in [0.2, 0.25) is 6.23 Å². The highest BCUT2D eigenvalue weighted by atomic mass is 16.6. The smallest absolute Gasteiger partial charge is 0.310 e. The second kappa shape index (κ2) is 28.0. The number of rotatable bonds is 30. The molecule has 0 aliphatic carbocycles. The summed E-state index contributed by atoms with van der Waals surface area (Å²) >= 11 is 0. The van der Waals surface area contributed by atoms with Crippen LogP contribution in [0.1, 0.15) is 194 Å². The lowest BCUT2D eigenvalue weighted by molar-refractivity contribution is -0.932. The van der Waals surface area contributed by atoms with Gasteiger partial charge >= 0.3 is 5.97 Å². The molecule has 38 heavy (non-hydrogen) atoms. The summed E-state index contributed by atoms with van der Waals surface area (Å²) in [4.78, 5) is 12.3. The van der Waals surface area contributed by atoms with Gasteiger partial charge in [0.05, 0.1) is 20.6 Å². The van der Waals surface area contributed by atoms with Gasteiger partial charge in [0, 0.05) is 13.3 Å². The van der Waals surface area contributed by atoms with Gasteiger partial charge in [-0.15, -0.1) is 0 Å². The lowest BCUT2D eigenvalue weighted by Gasteiger charge is -2.35. The number of hydrogen-bond acceptors (Lipinski definition) is 2. The van der Waals surface area contributed by atoms with Crippen molar-refractivity contribution in [3.63, 3.8) is 0 Å². The third-order valence-electron chi connectivity index (χ3n) is 8.61. The van der Waals surface area contributed by atoms with E-state index in [9.17, 15) is 4.79 Å². The Balaban J connectivity index is 3.55. The van der Waals surface area contributed by atoms with Crippen molar-refractivity contribution in [2.24, 2.45) is 0 Å². The first kappa shape index (κ1) is 37.4. The van der Waals surface area contributed by atoms with Crippen LogP contribution in [0.25, 0.3) is 0 Å². The Morgan fingerprint density at radius 3 is 1.13 bits per heavy atom. The zero-order valence-electron chi connectivity index (χ0n) is 27.1. The third-order valence-corrected chi connectivity index (χ3v) is 8.61. The molecule has 1 unspecified atom stereocenters. The summed E-state index contributed by atoms with van der Waals surface area (Å²) in [5.41, 5.74) is 0. The summed E-state index contributed by atoms with van der Waals surface area (Å²) < 4.78 is 6.59. The number of unbranched alkanes of at least 4 members (excludes halogenated alkanes) is 24. The molecule has 0 spiro atoms. The molecule has 0 aliphatic rings.